The van der Waals surface area contributed by atoms with E-state index in [-0.39, 0.29) is 12.0 Å². The Labute approximate surface area is 146 Å². The number of hydrogen-bond donors (Lipinski definition) is 0. The van der Waals surface area contributed by atoms with E-state index in [0.29, 0.717) is 24.0 Å². The Morgan fingerprint density at radius 2 is 2.08 bits per heavy atom. The first-order valence-corrected chi connectivity index (χ1v) is 8.30. The van der Waals surface area contributed by atoms with Crippen LogP contribution >= 0.6 is 11.6 Å². The summed E-state index contributed by atoms with van der Waals surface area (Å²) in [6, 6.07) is 11.2. The number of pyridine rings is 1. The third kappa shape index (κ3) is 4.36. The zero-order valence-corrected chi connectivity index (χ0v) is 14.2. The maximum Gasteiger partial charge on any atom is 0.246 e. The van der Waals surface area contributed by atoms with E-state index >= 15 is 0 Å². The van der Waals surface area contributed by atoms with Crippen LogP contribution in [0.4, 0.5) is 0 Å². The van der Waals surface area contributed by atoms with Crippen LogP contribution in [0.25, 0.3) is 6.08 Å². The summed E-state index contributed by atoms with van der Waals surface area (Å²) in [6.07, 6.45) is 5.98. The molecule has 1 atom stereocenters. The summed E-state index contributed by atoms with van der Waals surface area (Å²) in [5.74, 6) is 0.601. The standard InChI is InChI=1S/C19H19ClN2O2/c1-14-2-8-18(21-12-14)24-17-10-11-22(13-17)19(23)9-5-15-3-6-16(20)7-4-15/h2-9,12,17H,10-11,13H2,1H3/b9-5+. The molecule has 0 bridgehead atoms. The van der Waals surface area contributed by atoms with Crippen molar-refractivity contribution in [1.29, 1.82) is 0 Å². The number of hydrogen-bond acceptors (Lipinski definition) is 3. The Kier molecular flexibility index (Phi) is 5.16. The van der Waals surface area contributed by atoms with Gasteiger partial charge in [-0.15, -0.1) is 0 Å². The highest BCUT2D eigenvalue weighted by molar-refractivity contribution is 6.30. The second-order valence-corrected chi connectivity index (χ2v) is 6.31. The third-order valence-corrected chi connectivity index (χ3v) is 4.17. The normalized spacial score (nSPS) is 17.4. The van der Waals surface area contributed by atoms with Crippen LogP contribution in [-0.2, 0) is 4.79 Å². The minimum atomic E-state index is -0.00656. The number of aromatic nitrogens is 1. The van der Waals surface area contributed by atoms with Crippen molar-refractivity contribution in [2.45, 2.75) is 19.4 Å². The highest BCUT2D eigenvalue weighted by Crippen LogP contribution is 2.17. The number of rotatable bonds is 4. The smallest absolute Gasteiger partial charge is 0.246 e. The van der Waals surface area contributed by atoms with Crippen molar-refractivity contribution in [3.63, 3.8) is 0 Å². The molecule has 1 saturated heterocycles. The Hall–Kier alpha value is -2.33. The first kappa shape index (κ1) is 16.5. The predicted molar refractivity (Wildman–Crippen MR) is 95.1 cm³/mol. The molecular formula is C19H19ClN2O2. The van der Waals surface area contributed by atoms with Gasteiger partial charge in [0.1, 0.15) is 6.10 Å². The number of carbonyl (C=O) groups is 1. The molecule has 1 aromatic heterocycles. The van der Waals surface area contributed by atoms with Gasteiger partial charge in [-0.2, -0.15) is 0 Å². The minimum Gasteiger partial charge on any atom is -0.472 e. The van der Waals surface area contributed by atoms with E-state index in [1.165, 1.54) is 0 Å². The molecule has 124 valence electrons. The van der Waals surface area contributed by atoms with Crippen LogP contribution in [0.2, 0.25) is 5.02 Å². The molecule has 1 aliphatic heterocycles. The van der Waals surface area contributed by atoms with E-state index in [4.69, 9.17) is 16.3 Å². The fraction of sp³-hybridized carbons (Fsp3) is 0.263. The number of amides is 1. The van der Waals surface area contributed by atoms with Gasteiger partial charge in [-0.1, -0.05) is 29.8 Å². The number of aryl methyl sites for hydroxylation is 1. The molecule has 2 aromatic rings. The lowest BCUT2D eigenvalue weighted by molar-refractivity contribution is -0.125. The third-order valence-electron chi connectivity index (χ3n) is 3.92. The monoisotopic (exact) mass is 342 g/mol. The number of carbonyl (C=O) groups excluding carboxylic acids is 1. The van der Waals surface area contributed by atoms with E-state index in [0.717, 1.165) is 17.5 Å². The molecule has 3 rings (SSSR count). The van der Waals surface area contributed by atoms with E-state index in [1.807, 2.05) is 31.2 Å². The van der Waals surface area contributed by atoms with Gasteiger partial charge in [0.2, 0.25) is 11.8 Å². The van der Waals surface area contributed by atoms with Crippen molar-refractivity contribution >= 4 is 23.6 Å². The fourth-order valence-electron chi connectivity index (χ4n) is 2.57. The molecule has 1 unspecified atom stereocenters. The summed E-state index contributed by atoms with van der Waals surface area (Å²) < 4.78 is 5.84. The van der Waals surface area contributed by atoms with Crippen LogP contribution in [0, 0.1) is 6.92 Å². The Balaban J connectivity index is 1.53. The zero-order chi connectivity index (χ0) is 16.9. The maximum absolute atomic E-state index is 12.3. The highest BCUT2D eigenvalue weighted by atomic mass is 35.5. The summed E-state index contributed by atoms with van der Waals surface area (Å²) in [5, 5.41) is 0.683. The van der Waals surface area contributed by atoms with E-state index < -0.39 is 0 Å². The molecule has 4 nitrogen and oxygen atoms in total. The molecule has 0 radical (unpaired) electrons. The van der Waals surface area contributed by atoms with E-state index in [1.54, 1.807) is 35.4 Å². The Morgan fingerprint density at radius 1 is 1.29 bits per heavy atom. The number of benzene rings is 1. The van der Waals surface area contributed by atoms with Crippen molar-refractivity contribution in [1.82, 2.24) is 9.88 Å². The van der Waals surface area contributed by atoms with Crippen LogP contribution in [-0.4, -0.2) is 35.0 Å². The van der Waals surface area contributed by atoms with E-state index in [9.17, 15) is 4.79 Å². The lowest BCUT2D eigenvalue weighted by Gasteiger charge is -2.15. The fourth-order valence-corrected chi connectivity index (χ4v) is 2.69. The summed E-state index contributed by atoms with van der Waals surface area (Å²) in [7, 11) is 0. The van der Waals surface area contributed by atoms with Gasteiger partial charge in [0.05, 0.1) is 6.54 Å². The molecule has 0 spiro atoms. The Morgan fingerprint density at radius 3 is 2.79 bits per heavy atom. The molecule has 5 heteroatoms. The molecule has 0 aliphatic carbocycles. The van der Waals surface area contributed by atoms with Crippen molar-refractivity contribution in [2.75, 3.05) is 13.1 Å². The number of nitrogens with zero attached hydrogens (tertiary/aromatic N) is 2. The predicted octanol–water partition coefficient (Wildman–Crippen LogP) is 3.74. The second-order valence-electron chi connectivity index (χ2n) is 5.87. The molecule has 1 aromatic carbocycles. The van der Waals surface area contributed by atoms with Crippen LogP contribution in [0.1, 0.15) is 17.5 Å². The van der Waals surface area contributed by atoms with Gasteiger partial charge in [-0.25, -0.2) is 4.98 Å². The number of likely N-dealkylation sites (tertiary alicyclic amines) is 1. The SMILES string of the molecule is Cc1ccc(OC2CCN(C(=O)/C=C/c3ccc(Cl)cc3)C2)nc1. The van der Waals surface area contributed by atoms with Gasteiger partial charge in [0, 0.05) is 36.3 Å². The minimum absolute atomic E-state index is 0.00640. The van der Waals surface area contributed by atoms with Crippen LogP contribution in [0.5, 0.6) is 5.88 Å². The summed E-state index contributed by atoms with van der Waals surface area (Å²) >= 11 is 5.85. The first-order valence-electron chi connectivity index (χ1n) is 7.92. The second kappa shape index (κ2) is 7.49. The molecule has 0 N–H and O–H groups in total. The van der Waals surface area contributed by atoms with Gasteiger partial charge in [0.15, 0.2) is 0 Å². The molecule has 0 saturated carbocycles. The largest absolute Gasteiger partial charge is 0.472 e. The maximum atomic E-state index is 12.3. The molecule has 2 heterocycles. The van der Waals surface area contributed by atoms with E-state index in [2.05, 4.69) is 4.98 Å². The number of halogens is 1. The zero-order valence-electron chi connectivity index (χ0n) is 13.5. The van der Waals surface area contributed by atoms with Crippen molar-refractivity contribution in [3.05, 3.63) is 64.8 Å². The number of ether oxygens (including phenoxy) is 1. The van der Waals surface area contributed by atoms with Gasteiger partial charge < -0.3 is 9.64 Å². The average Bonchev–Trinajstić information content (AvgIpc) is 3.05. The highest BCUT2D eigenvalue weighted by Gasteiger charge is 2.26. The molecule has 1 aliphatic rings. The van der Waals surface area contributed by atoms with Crippen LogP contribution in [0.15, 0.2) is 48.7 Å². The summed E-state index contributed by atoms with van der Waals surface area (Å²) in [6.45, 7) is 3.26. The molecule has 1 amide bonds. The van der Waals surface area contributed by atoms with Crippen molar-refractivity contribution < 1.29 is 9.53 Å². The summed E-state index contributed by atoms with van der Waals surface area (Å²) in [4.78, 5) is 18.3. The summed E-state index contributed by atoms with van der Waals surface area (Å²) in [5.41, 5.74) is 2.04. The molecule has 1 fully saturated rings. The van der Waals surface area contributed by atoms with Crippen molar-refractivity contribution in [3.8, 4) is 5.88 Å². The van der Waals surface area contributed by atoms with Crippen LogP contribution < -0.4 is 4.74 Å². The molecule has 24 heavy (non-hydrogen) atoms. The van der Waals surface area contributed by atoms with Gasteiger partial charge in [-0.3, -0.25) is 4.79 Å². The van der Waals surface area contributed by atoms with Crippen LogP contribution in [0.3, 0.4) is 0 Å². The van der Waals surface area contributed by atoms with Gasteiger partial charge in [0.25, 0.3) is 0 Å². The first-order chi connectivity index (χ1) is 11.6. The van der Waals surface area contributed by atoms with Crippen molar-refractivity contribution in [2.24, 2.45) is 0 Å². The topological polar surface area (TPSA) is 42.4 Å². The van der Waals surface area contributed by atoms with Gasteiger partial charge in [-0.05, 0) is 36.3 Å². The lowest BCUT2D eigenvalue weighted by atomic mass is 10.2. The Bertz CT molecular complexity index is 726. The van der Waals surface area contributed by atoms with Gasteiger partial charge >= 0.3 is 0 Å². The molecular weight excluding hydrogens is 324 g/mol. The quantitative estimate of drug-likeness (QED) is 0.795. The average molecular weight is 343 g/mol. The lowest BCUT2D eigenvalue weighted by Crippen LogP contribution is -2.29.